The van der Waals surface area contributed by atoms with E-state index in [-0.39, 0.29) is 18.7 Å². The minimum Gasteiger partial charge on any atom is -0.444 e. The molecule has 0 aromatic heterocycles. The van der Waals surface area contributed by atoms with Crippen molar-refractivity contribution >= 4 is 21.8 Å². The number of ether oxygens (including phenoxy) is 1. The van der Waals surface area contributed by atoms with Gasteiger partial charge in [-0.05, 0) is 37.5 Å². The lowest BCUT2D eigenvalue weighted by atomic mass is 10.0. The second-order valence-corrected chi connectivity index (χ2v) is 10.5. The minimum atomic E-state index is -3.68. The van der Waals surface area contributed by atoms with E-state index in [0.717, 1.165) is 22.4 Å². The molecule has 7 heteroatoms. The molecule has 1 fully saturated rings. The lowest BCUT2D eigenvalue weighted by molar-refractivity contribution is 0.135. The third-order valence-electron chi connectivity index (χ3n) is 6.42. The van der Waals surface area contributed by atoms with Crippen LogP contribution in [0.4, 0.5) is 10.5 Å². The monoisotopic (exact) mass is 462 g/mol. The Morgan fingerprint density at radius 2 is 1.61 bits per heavy atom. The average Bonchev–Trinajstić information content (AvgIpc) is 2.85. The molecule has 0 bridgehead atoms. The van der Waals surface area contributed by atoms with Crippen LogP contribution in [0.15, 0.2) is 77.7 Å². The zero-order chi connectivity index (χ0) is 23.0. The van der Waals surface area contributed by atoms with Crippen LogP contribution < -0.4 is 4.90 Å². The third-order valence-corrected chi connectivity index (χ3v) is 8.38. The Morgan fingerprint density at radius 1 is 0.909 bits per heavy atom. The van der Waals surface area contributed by atoms with E-state index in [9.17, 15) is 13.2 Å². The van der Waals surface area contributed by atoms with Gasteiger partial charge in [0.1, 0.15) is 6.61 Å². The largest absolute Gasteiger partial charge is 0.444 e. The topological polar surface area (TPSA) is 66.9 Å². The van der Waals surface area contributed by atoms with Gasteiger partial charge in [-0.3, -0.25) is 4.90 Å². The van der Waals surface area contributed by atoms with Crippen LogP contribution in [-0.4, -0.2) is 37.9 Å². The highest BCUT2D eigenvalue weighted by molar-refractivity contribution is 7.89. The maximum Gasteiger partial charge on any atom is 0.414 e. The number of amides is 1. The molecule has 1 amide bonds. The fourth-order valence-corrected chi connectivity index (χ4v) is 6.43. The number of hydrogen-bond acceptors (Lipinski definition) is 4. The van der Waals surface area contributed by atoms with Gasteiger partial charge in [0.15, 0.2) is 0 Å². The highest BCUT2D eigenvalue weighted by atomic mass is 32.2. The van der Waals surface area contributed by atoms with Crippen molar-refractivity contribution in [2.45, 2.75) is 37.3 Å². The van der Waals surface area contributed by atoms with E-state index in [4.69, 9.17) is 4.74 Å². The van der Waals surface area contributed by atoms with Gasteiger partial charge in [-0.1, -0.05) is 66.2 Å². The quantitative estimate of drug-likeness (QED) is 0.549. The van der Waals surface area contributed by atoms with Crippen LogP contribution in [0.2, 0.25) is 0 Å². The summed E-state index contributed by atoms with van der Waals surface area (Å²) in [5.74, 6) is 0. The van der Waals surface area contributed by atoms with Gasteiger partial charge in [0.2, 0.25) is 10.0 Å². The number of carbonyl (C=O) groups excluding carboxylic acids is 1. The molecule has 3 aromatic carbocycles. The van der Waals surface area contributed by atoms with Gasteiger partial charge in [-0.2, -0.15) is 4.31 Å². The van der Waals surface area contributed by atoms with Crippen molar-refractivity contribution in [1.82, 2.24) is 4.31 Å². The van der Waals surface area contributed by atoms with E-state index in [0.29, 0.717) is 36.4 Å². The van der Waals surface area contributed by atoms with Crippen LogP contribution in [0, 0.1) is 6.92 Å². The third kappa shape index (κ3) is 4.03. The van der Waals surface area contributed by atoms with Crippen molar-refractivity contribution in [3.05, 3.63) is 83.9 Å². The van der Waals surface area contributed by atoms with Crippen molar-refractivity contribution < 1.29 is 17.9 Å². The highest BCUT2D eigenvalue weighted by Crippen LogP contribution is 2.35. The van der Waals surface area contributed by atoms with Crippen LogP contribution >= 0.6 is 0 Å². The van der Waals surface area contributed by atoms with E-state index in [2.05, 4.69) is 0 Å². The van der Waals surface area contributed by atoms with Gasteiger partial charge in [0.25, 0.3) is 0 Å². The van der Waals surface area contributed by atoms with Crippen molar-refractivity contribution in [3.8, 4) is 11.1 Å². The summed E-state index contributed by atoms with van der Waals surface area (Å²) in [6, 6.07) is 22.6. The number of aryl methyl sites for hydroxylation is 1. The number of hydrogen-bond donors (Lipinski definition) is 0. The number of anilines is 1. The summed E-state index contributed by atoms with van der Waals surface area (Å²) in [5.41, 5.74) is 4.54. The summed E-state index contributed by atoms with van der Waals surface area (Å²) in [6.07, 6.45) is 0.742. The molecule has 0 saturated carbocycles. The first-order valence-electron chi connectivity index (χ1n) is 11.2. The molecule has 2 heterocycles. The first-order valence-corrected chi connectivity index (χ1v) is 12.6. The number of piperidine rings is 1. The van der Waals surface area contributed by atoms with Crippen LogP contribution in [0.3, 0.4) is 0 Å². The Balaban J connectivity index is 1.38. The van der Waals surface area contributed by atoms with Crippen LogP contribution in [0.25, 0.3) is 11.1 Å². The molecule has 0 N–H and O–H groups in total. The van der Waals surface area contributed by atoms with E-state index in [1.807, 2.05) is 67.6 Å². The summed E-state index contributed by atoms with van der Waals surface area (Å²) in [7, 11) is -3.68. The fourth-order valence-electron chi connectivity index (χ4n) is 4.75. The predicted molar refractivity (Wildman–Crippen MR) is 128 cm³/mol. The SMILES string of the molecule is Cc1ccc2c(c1)COC(=O)N2C1CCN(S(=O)(=O)c2ccccc2-c2ccccc2)CC1. The van der Waals surface area contributed by atoms with Crippen molar-refractivity contribution in [2.75, 3.05) is 18.0 Å². The van der Waals surface area contributed by atoms with Crippen LogP contribution in [-0.2, 0) is 21.4 Å². The maximum atomic E-state index is 13.6. The van der Waals surface area contributed by atoms with E-state index in [1.54, 1.807) is 17.0 Å². The number of benzene rings is 3. The normalized spacial score (nSPS) is 17.5. The van der Waals surface area contributed by atoms with Crippen molar-refractivity contribution in [2.24, 2.45) is 0 Å². The number of sulfonamides is 1. The molecule has 33 heavy (non-hydrogen) atoms. The van der Waals surface area contributed by atoms with Gasteiger partial charge < -0.3 is 4.74 Å². The molecular formula is C26H26N2O4S. The second-order valence-electron chi connectivity index (χ2n) is 8.55. The number of nitrogens with zero attached hydrogens (tertiary/aromatic N) is 2. The Labute approximate surface area is 194 Å². The minimum absolute atomic E-state index is 0.102. The smallest absolute Gasteiger partial charge is 0.414 e. The molecule has 0 aliphatic carbocycles. The standard InChI is InChI=1S/C26H26N2O4S/c1-19-11-12-24-21(17-19)18-32-26(29)28(24)22-13-15-27(16-14-22)33(30,31)25-10-6-5-9-23(25)20-7-3-2-4-8-20/h2-12,17,22H,13-16,18H2,1H3. The first-order chi connectivity index (χ1) is 15.9. The van der Waals surface area contributed by atoms with Crippen molar-refractivity contribution in [3.63, 3.8) is 0 Å². The number of carbonyl (C=O) groups is 1. The molecule has 170 valence electrons. The molecule has 5 rings (SSSR count). The molecule has 0 radical (unpaired) electrons. The summed E-state index contributed by atoms with van der Waals surface area (Å²) in [6.45, 7) is 2.98. The van der Waals surface area contributed by atoms with Gasteiger partial charge in [0.05, 0.1) is 10.6 Å². The molecule has 1 saturated heterocycles. The van der Waals surface area contributed by atoms with Crippen LogP contribution in [0.5, 0.6) is 0 Å². The zero-order valence-electron chi connectivity index (χ0n) is 18.5. The zero-order valence-corrected chi connectivity index (χ0v) is 19.3. The lowest BCUT2D eigenvalue weighted by Gasteiger charge is -2.40. The van der Waals surface area contributed by atoms with E-state index >= 15 is 0 Å². The average molecular weight is 463 g/mol. The Kier molecular flexibility index (Phi) is 5.68. The molecule has 0 unspecified atom stereocenters. The number of fused-ring (bicyclic) bond motifs is 1. The molecular weight excluding hydrogens is 436 g/mol. The molecule has 6 nitrogen and oxygen atoms in total. The summed E-state index contributed by atoms with van der Waals surface area (Å²) < 4.78 is 34.1. The van der Waals surface area contributed by atoms with Crippen LogP contribution in [0.1, 0.15) is 24.0 Å². The Morgan fingerprint density at radius 3 is 2.36 bits per heavy atom. The molecule has 2 aliphatic heterocycles. The molecule has 3 aromatic rings. The molecule has 0 spiro atoms. The lowest BCUT2D eigenvalue weighted by Crippen LogP contribution is -2.50. The molecule has 2 aliphatic rings. The summed E-state index contributed by atoms with van der Waals surface area (Å²) >= 11 is 0. The van der Waals surface area contributed by atoms with Gasteiger partial charge in [-0.25, -0.2) is 13.2 Å². The Bertz CT molecular complexity index is 1280. The predicted octanol–water partition coefficient (Wildman–Crippen LogP) is 4.97. The summed E-state index contributed by atoms with van der Waals surface area (Å²) in [4.78, 5) is 14.6. The van der Waals surface area contributed by atoms with Gasteiger partial charge >= 0.3 is 6.09 Å². The van der Waals surface area contributed by atoms with Crippen molar-refractivity contribution in [1.29, 1.82) is 0 Å². The highest BCUT2D eigenvalue weighted by Gasteiger charge is 2.37. The number of cyclic esters (lactones) is 1. The van der Waals surface area contributed by atoms with Gasteiger partial charge in [0, 0.05) is 30.3 Å². The van der Waals surface area contributed by atoms with Gasteiger partial charge in [-0.15, -0.1) is 0 Å². The van der Waals surface area contributed by atoms with E-state index in [1.165, 1.54) is 4.31 Å². The Hall–Kier alpha value is -3.16. The summed E-state index contributed by atoms with van der Waals surface area (Å²) in [5, 5.41) is 0. The van der Waals surface area contributed by atoms with E-state index < -0.39 is 10.0 Å². The molecule has 0 atom stereocenters. The number of rotatable bonds is 4. The fraction of sp³-hybridized carbons (Fsp3) is 0.269. The second kappa shape index (κ2) is 8.65. The first kappa shape index (κ1) is 21.7. The maximum absolute atomic E-state index is 13.6.